The van der Waals surface area contributed by atoms with Crippen molar-refractivity contribution in [2.24, 2.45) is 0 Å². The van der Waals surface area contributed by atoms with Crippen molar-refractivity contribution in [1.82, 2.24) is 9.97 Å². The van der Waals surface area contributed by atoms with Gasteiger partial charge in [0.15, 0.2) is 0 Å². The van der Waals surface area contributed by atoms with E-state index in [1.807, 2.05) is 30.3 Å². The summed E-state index contributed by atoms with van der Waals surface area (Å²) in [4.78, 5) is 8.12. The topological polar surface area (TPSA) is 61.7 Å². The number of benzene rings is 1. The van der Waals surface area contributed by atoms with E-state index < -0.39 is 0 Å². The Morgan fingerprint density at radius 1 is 1.08 bits per heavy atom. The monoisotopic (exact) mass is 340 g/mol. The third-order valence-electron chi connectivity index (χ3n) is 3.48. The number of rotatable bonds is 5. The zero-order valence-electron chi connectivity index (χ0n) is 12.6. The molecule has 24 heavy (non-hydrogen) atoms. The van der Waals surface area contributed by atoms with E-state index >= 15 is 0 Å². The molecule has 0 radical (unpaired) electrons. The zero-order valence-corrected chi connectivity index (χ0v) is 13.4. The van der Waals surface area contributed by atoms with Crippen molar-refractivity contribution < 1.29 is 4.39 Å². The molecular formula is C18H14ClFN4. The standard InChI is InChI=1S/C18H14ClFN4/c19-15-3-1-13(2-4-15)14-6-17(18(7-21)24-10-14)23-9-12-5-16(20)11-22-8-12/h1-8,10-11,21,23H,9H2. The van der Waals surface area contributed by atoms with E-state index in [2.05, 4.69) is 15.3 Å². The van der Waals surface area contributed by atoms with Gasteiger partial charge in [-0.05, 0) is 35.4 Å². The van der Waals surface area contributed by atoms with Crippen LogP contribution < -0.4 is 5.32 Å². The summed E-state index contributed by atoms with van der Waals surface area (Å²) < 4.78 is 13.2. The number of aromatic nitrogens is 2. The first-order valence-corrected chi connectivity index (χ1v) is 7.63. The second-order valence-corrected chi connectivity index (χ2v) is 5.61. The molecule has 2 heterocycles. The van der Waals surface area contributed by atoms with Crippen LogP contribution >= 0.6 is 11.6 Å². The van der Waals surface area contributed by atoms with Gasteiger partial charge in [0.25, 0.3) is 0 Å². The van der Waals surface area contributed by atoms with Crippen molar-refractivity contribution in [2.75, 3.05) is 5.32 Å². The summed E-state index contributed by atoms with van der Waals surface area (Å²) >= 11 is 5.91. The normalized spacial score (nSPS) is 10.4. The molecule has 2 N–H and O–H groups in total. The Bertz CT molecular complexity index is 865. The molecule has 120 valence electrons. The molecule has 0 spiro atoms. The predicted octanol–water partition coefficient (Wildman–Crippen LogP) is 4.55. The van der Waals surface area contributed by atoms with Crippen LogP contribution in [0.5, 0.6) is 0 Å². The van der Waals surface area contributed by atoms with Crippen molar-refractivity contribution in [3.63, 3.8) is 0 Å². The second-order valence-electron chi connectivity index (χ2n) is 5.17. The Labute approximate surface area is 143 Å². The van der Waals surface area contributed by atoms with Gasteiger partial charge in [0.1, 0.15) is 11.5 Å². The van der Waals surface area contributed by atoms with E-state index in [1.54, 1.807) is 12.4 Å². The van der Waals surface area contributed by atoms with Crippen molar-refractivity contribution in [2.45, 2.75) is 6.54 Å². The molecule has 0 aliphatic heterocycles. The molecule has 0 saturated heterocycles. The molecule has 1 aromatic carbocycles. The number of anilines is 1. The van der Waals surface area contributed by atoms with Gasteiger partial charge in [-0.2, -0.15) is 0 Å². The number of hydrogen-bond acceptors (Lipinski definition) is 4. The first kappa shape index (κ1) is 16.1. The Hall–Kier alpha value is -2.79. The number of pyridine rings is 2. The summed E-state index contributed by atoms with van der Waals surface area (Å²) in [6.45, 7) is 0.386. The van der Waals surface area contributed by atoms with E-state index in [-0.39, 0.29) is 5.82 Å². The Morgan fingerprint density at radius 2 is 1.88 bits per heavy atom. The third kappa shape index (κ3) is 3.75. The van der Waals surface area contributed by atoms with Gasteiger partial charge < -0.3 is 10.7 Å². The SMILES string of the molecule is N=Cc1ncc(-c2ccc(Cl)cc2)cc1NCc1cncc(F)c1. The molecule has 3 rings (SSSR count). The summed E-state index contributed by atoms with van der Waals surface area (Å²) in [5, 5.41) is 11.3. The second kappa shape index (κ2) is 7.19. The van der Waals surface area contributed by atoms with Crippen molar-refractivity contribution in [1.29, 1.82) is 5.41 Å². The molecule has 3 aromatic rings. The van der Waals surface area contributed by atoms with E-state index in [0.717, 1.165) is 17.3 Å². The molecule has 0 saturated carbocycles. The van der Waals surface area contributed by atoms with Gasteiger partial charge in [-0.25, -0.2) is 4.39 Å². The highest BCUT2D eigenvalue weighted by molar-refractivity contribution is 6.30. The minimum absolute atomic E-state index is 0.380. The summed E-state index contributed by atoms with van der Waals surface area (Å²) in [5.41, 5.74) is 3.79. The fourth-order valence-electron chi connectivity index (χ4n) is 2.28. The molecule has 2 aromatic heterocycles. The van der Waals surface area contributed by atoms with Gasteiger partial charge in [0, 0.05) is 35.7 Å². The molecule has 0 bridgehead atoms. The quantitative estimate of drug-likeness (QED) is 0.670. The highest BCUT2D eigenvalue weighted by Gasteiger charge is 2.06. The lowest BCUT2D eigenvalue weighted by Gasteiger charge is -2.11. The van der Waals surface area contributed by atoms with E-state index in [0.29, 0.717) is 28.5 Å². The maximum Gasteiger partial charge on any atom is 0.141 e. The number of hydrogen-bond donors (Lipinski definition) is 2. The number of halogens is 2. The molecule has 0 aliphatic carbocycles. The van der Waals surface area contributed by atoms with Crippen molar-refractivity contribution in [3.8, 4) is 11.1 Å². The largest absolute Gasteiger partial charge is 0.379 e. The van der Waals surface area contributed by atoms with Crippen LogP contribution in [0.2, 0.25) is 5.02 Å². The predicted molar refractivity (Wildman–Crippen MR) is 94.1 cm³/mol. The van der Waals surface area contributed by atoms with Crippen molar-refractivity contribution >= 4 is 23.5 Å². The lowest BCUT2D eigenvalue weighted by molar-refractivity contribution is 0.619. The Balaban J connectivity index is 1.86. The van der Waals surface area contributed by atoms with Crippen LogP contribution in [-0.4, -0.2) is 16.2 Å². The average molecular weight is 341 g/mol. The van der Waals surface area contributed by atoms with Crippen LogP contribution in [0.1, 0.15) is 11.3 Å². The maximum absolute atomic E-state index is 13.2. The summed E-state index contributed by atoms with van der Waals surface area (Å²) in [6.07, 6.45) is 5.64. The minimum atomic E-state index is -0.380. The molecule has 0 atom stereocenters. The molecule has 0 fully saturated rings. The van der Waals surface area contributed by atoms with Crippen LogP contribution in [0.3, 0.4) is 0 Å². The molecular weight excluding hydrogens is 327 g/mol. The van der Waals surface area contributed by atoms with E-state index in [4.69, 9.17) is 17.0 Å². The fourth-order valence-corrected chi connectivity index (χ4v) is 2.41. The molecule has 0 amide bonds. The molecule has 6 heteroatoms. The smallest absolute Gasteiger partial charge is 0.141 e. The third-order valence-corrected chi connectivity index (χ3v) is 3.73. The van der Waals surface area contributed by atoms with E-state index in [9.17, 15) is 4.39 Å². The first-order chi connectivity index (χ1) is 11.7. The number of nitrogens with zero attached hydrogens (tertiary/aromatic N) is 2. The van der Waals surface area contributed by atoms with Gasteiger partial charge in [-0.1, -0.05) is 23.7 Å². The van der Waals surface area contributed by atoms with Gasteiger partial charge in [0.2, 0.25) is 0 Å². The number of nitrogens with one attached hydrogen (secondary N) is 2. The van der Waals surface area contributed by atoms with Crippen LogP contribution in [0.15, 0.2) is 55.0 Å². The van der Waals surface area contributed by atoms with Gasteiger partial charge in [0.05, 0.1) is 11.9 Å². The van der Waals surface area contributed by atoms with Crippen LogP contribution in [0.4, 0.5) is 10.1 Å². The average Bonchev–Trinajstić information content (AvgIpc) is 2.60. The summed E-state index contributed by atoms with van der Waals surface area (Å²) in [7, 11) is 0. The van der Waals surface area contributed by atoms with Crippen molar-refractivity contribution in [3.05, 3.63) is 77.1 Å². The van der Waals surface area contributed by atoms with Crippen LogP contribution in [0.25, 0.3) is 11.1 Å². The minimum Gasteiger partial charge on any atom is -0.379 e. The van der Waals surface area contributed by atoms with E-state index in [1.165, 1.54) is 12.3 Å². The summed E-state index contributed by atoms with van der Waals surface area (Å²) in [5.74, 6) is -0.380. The molecule has 0 unspecified atom stereocenters. The van der Waals surface area contributed by atoms with Gasteiger partial charge in [-0.15, -0.1) is 0 Å². The molecule has 4 nitrogen and oxygen atoms in total. The first-order valence-electron chi connectivity index (χ1n) is 7.25. The van der Waals surface area contributed by atoms with Gasteiger partial charge >= 0.3 is 0 Å². The van der Waals surface area contributed by atoms with Gasteiger partial charge in [-0.3, -0.25) is 9.97 Å². The van der Waals surface area contributed by atoms with Crippen LogP contribution in [0, 0.1) is 11.2 Å². The lowest BCUT2D eigenvalue weighted by Crippen LogP contribution is -2.04. The zero-order chi connectivity index (χ0) is 16.9. The van der Waals surface area contributed by atoms with Crippen LogP contribution in [-0.2, 0) is 6.54 Å². The maximum atomic E-state index is 13.2. The fraction of sp³-hybridized carbons (Fsp3) is 0.0556. The molecule has 0 aliphatic rings. The highest BCUT2D eigenvalue weighted by atomic mass is 35.5. The summed E-state index contributed by atoms with van der Waals surface area (Å²) in [6, 6.07) is 10.8. The lowest BCUT2D eigenvalue weighted by atomic mass is 10.1. The Morgan fingerprint density at radius 3 is 2.58 bits per heavy atom. The highest BCUT2D eigenvalue weighted by Crippen LogP contribution is 2.25. The Kier molecular flexibility index (Phi) is 4.82.